The molecule has 2 aliphatic rings. The Balaban J connectivity index is 2.61. The Kier molecular flexibility index (Phi) is 0.996. The largest absolute Gasteiger partial charge is 0.264 e. The Labute approximate surface area is 62.2 Å². The Bertz CT molecular complexity index is 280. The Morgan fingerprint density at radius 3 is 0.917 bits per heavy atom. The summed E-state index contributed by atoms with van der Waals surface area (Å²) >= 11 is 0. The van der Waals surface area contributed by atoms with Gasteiger partial charge in [0.25, 0.3) is 11.3 Å². The van der Waals surface area contributed by atoms with Crippen molar-refractivity contribution in [3.8, 4) is 0 Å². The summed E-state index contributed by atoms with van der Waals surface area (Å²) in [5.74, 6) is -8.87. The van der Waals surface area contributed by atoms with Crippen LogP contribution in [0.4, 0.5) is 26.3 Å². The third-order valence-electron chi connectivity index (χ3n) is 2.07. The molecular weight excluding hydrogens is 186 g/mol. The lowest BCUT2D eigenvalue weighted by Crippen LogP contribution is -2.65. The lowest BCUT2D eigenvalue weighted by atomic mass is 9.63. The maximum absolute atomic E-state index is 12.6. The van der Waals surface area contributed by atoms with E-state index in [1.807, 2.05) is 0 Å². The molecule has 0 aliphatic heterocycles. The maximum atomic E-state index is 12.6. The summed E-state index contributed by atoms with van der Waals surface area (Å²) in [6, 6.07) is 0. The smallest absolute Gasteiger partial charge is 0.223 e. The van der Waals surface area contributed by atoms with Crippen LogP contribution >= 0.6 is 0 Å². The molecule has 2 aliphatic carbocycles. The molecule has 0 N–H and O–H groups in total. The van der Waals surface area contributed by atoms with E-state index in [9.17, 15) is 26.3 Å². The molecule has 12 heavy (non-hydrogen) atoms. The molecular formula is C6F6. The van der Waals surface area contributed by atoms with E-state index < -0.39 is 34.6 Å². The van der Waals surface area contributed by atoms with Gasteiger partial charge in [-0.15, -0.1) is 0 Å². The normalized spacial score (nSPS) is 45.5. The first kappa shape index (κ1) is 7.70. The molecule has 0 amide bonds. The molecule has 0 aromatic rings. The van der Waals surface area contributed by atoms with Crippen LogP contribution in [-0.4, -0.2) is 11.3 Å². The predicted octanol–water partition coefficient (Wildman–Crippen LogP) is 2.73. The summed E-state index contributed by atoms with van der Waals surface area (Å²) in [5, 5.41) is 0. The monoisotopic (exact) mass is 186 g/mol. The van der Waals surface area contributed by atoms with E-state index in [4.69, 9.17) is 0 Å². The molecule has 0 bridgehead atoms. The van der Waals surface area contributed by atoms with Crippen molar-refractivity contribution in [1.29, 1.82) is 0 Å². The van der Waals surface area contributed by atoms with Gasteiger partial charge in [-0.2, -0.15) is 0 Å². The van der Waals surface area contributed by atoms with Crippen LogP contribution in [0.2, 0.25) is 0 Å². The summed E-state index contributed by atoms with van der Waals surface area (Å²) in [4.78, 5) is 0. The number of halogens is 6. The predicted molar refractivity (Wildman–Crippen MR) is 26.2 cm³/mol. The van der Waals surface area contributed by atoms with Crippen LogP contribution in [0.1, 0.15) is 0 Å². The SMILES string of the molecule is FC1=C(F)C2(F)C(F)=C(F)C12F. The Hall–Kier alpha value is -0.940. The molecule has 2 rings (SSSR count). The van der Waals surface area contributed by atoms with Gasteiger partial charge in [0.05, 0.1) is 0 Å². The summed E-state index contributed by atoms with van der Waals surface area (Å²) < 4.78 is 73.7. The van der Waals surface area contributed by atoms with Gasteiger partial charge in [-0.05, 0) is 0 Å². The molecule has 0 aromatic heterocycles. The summed E-state index contributed by atoms with van der Waals surface area (Å²) in [6.45, 7) is 0. The lowest BCUT2D eigenvalue weighted by Gasteiger charge is -2.49. The Morgan fingerprint density at radius 2 is 0.750 bits per heavy atom. The first-order chi connectivity index (χ1) is 5.38. The lowest BCUT2D eigenvalue weighted by molar-refractivity contribution is -0.0823. The molecule has 0 nitrogen and oxygen atoms in total. The molecule has 6 heteroatoms. The standard InChI is InChI=1S/C6F6/c7-1-2(8)6(12)4(10)3(9)5(1,6)11. The van der Waals surface area contributed by atoms with Gasteiger partial charge in [0, 0.05) is 0 Å². The van der Waals surface area contributed by atoms with Gasteiger partial charge in [-0.25, -0.2) is 26.3 Å². The minimum Gasteiger partial charge on any atom is -0.223 e. The van der Waals surface area contributed by atoms with Crippen LogP contribution < -0.4 is 0 Å². The van der Waals surface area contributed by atoms with E-state index in [0.29, 0.717) is 0 Å². The minimum atomic E-state index is -3.83. The van der Waals surface area contributed by atoms with Gasteiger partial charge >= 0.3 is 0 Å². The van der Waals surface area contributed by atoms with Gasteiger partial charge in [-0.3, -0.25) is 0 Å². The minimum absolute atomic E-state index is 2.22. The van der Waals surface area contributed by atoms with Crippen molar-refractivity contribution < 1.29 is 26.3 Å². The summed E-state index contributed by atoms with van der Waals surface area (Å²) in [6.07, 6.45) is 0. The molecule has 0 aromatic carbocycles. The van der Waals surface area contributed by atoms with E-state index in [1.54, 1.807) is 0 Å². The van der Waals surface area contributed by atoms with Crippen molar-refractivity contribution in [2.75, 3.05) is 0 Å². The third-order valence-corrected chi connectivity index (χ3v) is 2.07. The van der Waals surface area contributed by atoms with Crippen molar-refractivity contribution in [1.82, 2.24) is 0 Å². The van der Waals surface area contributed by atoms with Crippen LogP contribution in [0, 0.1) is 0 Å². The molecule has 0 saturated heterocycles. The number of rotatable bonds is 0. The molecule has 0 spiro atoms. The number of hydrogen-bond acceptors (Lipinski definition) is 0. The highest BCUT2D eigenvalue weighted by Gasteiger charge is 2.84. The molecule has 0 radical (unpaired) electrons. The van der Waals surface area contributed by atoms with Crippen LogP contribution in [0.25, 0.3) is 0 Å². The van der Waals surface area contributed by atoms with Crippen LogP contribution in [0.3, 0.4) is 0 Å². The zero-order valence-corrected chi connectivity index (χ0v) is 5.27. The second kappa shape index (κ2) is 1.55. The molecule has 0 saturated carbocycles. The Morgan fingerprint density at radius 1 is 0.583 bits per heavy atom. The first-order valence-corrected chi connectivity index (χ1v) is 2.88. The van der Waals surface area contributed by atoms with Gasteiger partial charge in [0.2, 0.25) is 0 Å². The van der Waals surface area contributed by atoms with Crippen molar-refractivity contribution in [3.63, 3.8) is 0 Å². The summed E-state index contributed by atoms with van der Waals surface area (Å²) in [5.41, 5.74) is -7.66. The number of fused-ring (bicyclic) bond motifs is 1. The summed E-state index contributed by atoms with van der Waals surface area (Å²) in [7, 11) is 0. The highest BCUT2D eigenvalue weighted by atomic mass is 19.2. The van der Waals surface area contributed by atoms with E-state index in [1.165, 1.54) is 0 Å². The van der Waals surface area contributed by atoms with Gasteiger partial charge in [-0.1, -0.05) is 0 Å². The van der Waals surface area contributed by atoms with Crippen molar-refractivity contribution in [2.24, 2.45) is 0 Å². The average molecular weight is 186 g/mol. The van der Waals surface area contributed by atoms with Crippen molar-refractivity contribution in [3.05, 3.63) is 23.3 Å². The van der Waals surface area contributed by atoms with Crippen LogP contribution in [0.5, 0.6) is 0 Å². The zero-order chi connectivity index (χ0) is 9.31. The van der Waals surface area contributed by atoms with Crippen molar-refractivity contribution >= 4 is 0 Å². The maximum Gasteiger partial charge on any atom is 0.264 e. The molecule has 0 heterocycles. The van der Waals surface area contributed by atoms with Gasteiger partial charge in [0.1, 0.15) is 0 Å². The van der Waals surface area contributed by atoms with E-state index in [0.717, 1.165) is 0 Å². The van der Waals surface area contributed by atoms with E-state index in [-0.39, 0.29) is 0 Å². The number of alkyl halides is 2. The first-order valence-electron chi connectivity index (χ1n) is 2.88. The fourth-order valence-electron chi connectivity index (χ4n) is 1.28. The average Bonchev–Trinajstić information content (AvgIpc) is 2.10. The highest BCUT2D eigenvalue weighted by molar-refractivity contribution is 5.64. The molecule has 0 fully saturated rings. The zero-order valence-electron chi connectivity index (χ0n) is 5.27. The van der Waals surface area contributed by atoms with Crippen LogP contribution in [-0.2, 0) is 0 Å². The second-order valence-corrected chi connectivity index (χ2v) is 2.57. The molecule has 0 atom stereocenters. The number of allylic oxidation sites excluding steroid dienone is 4. The quantitative estimate of drug-likeness (QED) is 0.510. The molecule has 0 unspecified atom stereocenters. The van der Waals surface area contributed by atoms with Gasteiger partial charge in [0.15, 0.2) is 23.3 Å². The molecule has 66 valence electrons. The van der Waals surface area contributed by atoms with E-state index in [2.05, 4.69) is 0 Å². The van der Waals surface area contributed by atoms with Gasteiger partial charge < -0.3 is 0 Å². The number of hydrogen-bond donors (Lipinski definition) is 0. The van der Waals surface area contributed by atoms with E-state index >= 15 is 0 Å². The second-order valence-electron chi connectivity index (χ2n) is 2.57. The topological polar surface area (TPSA) is 0 Å². The van der Waals surface area contributed by atoms with Crippen molar-refractivity contribution in [2.45, 2.75) is 11.3 Å². The fourth-order valence-corrected chi connectivity index (χ4v) is 1.28. The highest BCUT2D eigenvalue weighted by Crippen LogP contribution is 2.69. The van der Waals surface area contributed by atoms with Crippen LogP contribution in [0.15, 0.2) is 23.3 Å². The fraction of sp³-hybridized carbons (Fsp3) is 0.333. The third kappa shape index (κ3) is 0.367.